The van der Waals surface area contributed by atoms with Gasteiger partial charge in [0.2, 0.25) is 0 Å². The standard InChI is InChI=1S/C9H11N3/c1-6(10)9-7-4-2-3-5-8(7)11-12-9/h2-6H,10H2,1H3,(H,11,12)/t6-/m0/s1. The Bertz CT molecular complexity index is 389. The van der Waals surface area contributed by atoms with Gasteiger partial charge in [0.15, 0.2) is 0 Å². The second kappa shape index (κ2) is 2.60. The minimum absolute atomic E-state index is 0.0115. The number of aromatic amines is 1. The van der Waals surface area contributed by atoms with Crippen molar-refractivity contribution >= 4 is 10.9 Å². The van der Waals surface area contributed by atoms with Crippen molar-refractivity contribution in [2.24, 2.45) is 5.73 Å². The summed E-state index contributed by atoms with van der Waals surface area (Å²) in [4.78, 5) is 0. The lowest BCUT2D eigenvalue weighted by Crippen LogP contribution is -2.05. The molecule has 1 heterocycles. The van der Waals surface area contributed by atoms with Crippen LogP contribution in [-0.2, 0) is 0 Å². The average molecular weight is 161 g/mol. The highest BCUT2D eigenvalue weighted by Gasteiger charge is 2.06. The van der Waals surface area contributed by atoms with E-state index in [1.807, 2.05) is 31.2 Å². The van der Waals surface area contributed by atoms with Crippen molar-refractivity contribution in [2.75, 3.05) is 0 Å². The number of nitrogens with two attached hydrogens (primary N) is 1. The van der Waals surface area contributed by atoms with Gasteiger partial charge >= 0.3 is 0 Å². The van der Waals surface area contributed by atoms with E-state index in [2.05, 4.69) is 10.2 Å². The smallest absolute Gasteiger partial charge is 0.0924 e. The molecule has 1 aromatic heterocycles. The van der Waals surface area contributed by atoms with Crippen LogP contribution in [-0.4, -0.2) is 10.2 Å². The molecule has 0 unspecified atom stereocenters. The fourth-order valence-electron chi connectivity index (χ4n) is 1.33. The number of nitrogens with one attached hydrogen (secondary N) is 1. The van der Waals surface area contributed by atoms with Crippen molar-refractivity contribution in [1.82, 2.24) is 10.2 Å². The monoisotopic (exact) mass is 161 g/mol. The Hall–Kier alpha value is -1.35. The minimum atomic E-state index is 0.0115. The van der Waals surface area contributed by atoms with Gasteiger partial charge < -0.3 is 5.73 Å². The highest BCUT2D eigenvalue weighted by molar-refractivity contribution is 5.81. The lowest BCUT2D eigenvalue weighted by atomic mass is 10.1. The Labute approximate surface area is 70.6 Å². The summed E-state index contributed by atoms with van der Waals surface area (Å²) >= 11 is 0. The summed E-state index contributed by atoms with van der Waals surface area (Å²) in [6.45, 7) is 1.94. The second-order valence-electron chi connectivity index (χ2n) is 2.94. The zero-order valence-electron chi connectivity index (χ0n) is 6.91. The van der Waals surface area contributed by atoms with Crippen molar-refractivity contribution in [3.05, 3.63) is 30.0 Å². The fraction of sp³-hybridized carbons (Fsp3) is 0.222. The van der Waals surface area contributed by atoms with E-state index in [-0.39, 0.29) is 6.04 Å². The Morgan fingerprint density at radius 3 is 2.92 bits per heavy atom. The Morgan fingerprint density at radius 1 is 1.42 bits per heavy atom. The molecule has 1 atom stereocenters. The summed E-state index contributed by atoms with van der Waals surface area (Å²) in [5, 5.41) is 8.19. The molecule has 0 spiro atoms. The third-order valence-corrected chi connectivity index (χ3v) is 1.95. The van der Waals surface area contributed by atoms with Crippen molar-refractivity contribution in [3.63, 3.8) is 0 Å². The molecule has 2 aromatic rings. The maximum Gasteiger partial charge on any atom is 0.0924 e. The molecule has 3 heteroatoms. The molecule has 0 aliphatic heterocycles. The molecule has 62 valence electrons. The van der Waals surface area contributed by atoms with E-state index >= 15 is 0 Å². The van der Waals surface area contributed by atoms with Crippen LogP contribution >= 0.6 is 0 Å². The number of benzene rings is 1. The summed E-state index contributed by atoms with van der Waals surface area (Å²) in [6.07, 6.45) is 0. The van der Waals surface area contributed by atoms with E-state index in [9.17, 15) is 0 Å². The number of hydrogen-bond donors (Lipinski definition) is 2. The minimum Gasteiger partial charge on any atom is -0.323 e. The largest absolute Gasteiger partial charge is 0.323 e. The maximum atomic E-state index is 5.75. The summed E-state index contributed by atoms with van der Waals surface area (Å²) in [5.74, 6) is 0. The molecule has 0 amide bonds. The van der Waals surface area contributed by atoms with Crippen molar-refractivity contribution in [1.29, 1.82) is 0 Å². The quantitative estimate of drug-likeness (QED) is 0.667. The van der Waals surface area contributed by atoms with Gasteiger partial charge in [-0.2, -0.15) is 5.10 Å². The number of H-pyrrole nitrogens is 1. The zero-order valence-corrected chi connectivity index (χ0v) is 6.91. The van der Waals surface area contributed by atoms with Gasteiger partial charge in [-0.3, -0.25) is 5.10 Å². The number of fused-ring (bicyclic) bond motifs is 1. The summed E-state index contributed by atoms with van der Waals surface area (Å²) < 4.78 is 0. The van der Waals surface area contributed by atoms with Crippen LogP contribution in [0, 0.1) is 0 Å². The van der Waals surface area contributed by atoms with Crippen molar-refractivity contribution < 1.29 is 0 Å². The highest BCUT2D eigenvalue weighted by Crippen LogP contribution is 2.18. The van der Waals surface area contributed by atoms with Crippen LogP contribution in [0.5, 0.6) is 0 Å². The van der Waals surface area contributed by atoms with Gasteiger partial charge in [-0.05, 0) is 13.0 Å². The summed E-state index contributed by atoms with van der Waals surface area (Å²) in [7, 11) is 0. The Balaban J connectivity index is 2.70. The van der Waals surface area contributed by atoms with Crippen LogP contribution in [0.4, 0.5) is 0 Å². The molecule has 12 heavy (non-hydrogen) atoms. The van der Waals surface area contributed by atoms with Crippen LogP contribution in [0.2, 0.25) is 0 Å². The van der Waals surface area contributed by atoms with Crippen LogP contribution < -0.4 is 5.73 Å². The third-order valence-electron chi connectivity index (χ3n) is 1.95. The van der Waals surface area contributed by atoms with Crippen LogP contribution in [0.1, 0.15) is 18.7 Å². The fourth-order valence-corrected chi connectivity index (χ4v) is 1.33. The number of hydrogen-bond acceptors (Lipinski definition) is 2. The molecular formula is C9H11N3. The predicted octanol–water partition coefficient (Wildman–Crippen LogP) is 1.58. The Kier molecular flexibility index (Phi) is 1.59. The first-order chi connectivity index (χ1) is 5.79. The SMILES string of the molecule is C[C@H](N)c1[nH]nc2ccccc12. The molecule has 3 nitrogen and oxygen atoms in total. The van der Waals surface area contributed by atoms with E-state index < -0.39 is 0 Å². The van der Waals surface area contributed by atoms with Gasteiger partial charge in [0.1, 0.15) is 0 Å². The maximum absolute atomic E-state index is 5.75. The van der Waals surface area contributed by atoms with E-state index in [1.54, 1.807) is 0 Å². The molecule has 0 aliphatic carbocycles. The lowest BCUT2D eigenvalue weighted by molar-refractivity contribution is 0.779. The molecule has 0 radical (unpaired) electrons. The van der Waals surface area contributed by atoms with Gasteiger partial charge in [-0.1, -0.05) is 18.2 Å². The molecular weight excluding hydrogens is 150 g/mol. The summed E-state index contributed by atoms with van der Waals surface area (Å²) in [6, 6.07) is 7.96. The molecule has 0 fully saturated rings. The number of para-hydroxylation sites is 1. The molecule has 0 bridgehead atoms. The topological polar surface area (TPSA) is 54.7 Å². The van der Waals surface area contributed by atoms with Gasteiger partial charge in [-0.15, -0.1) is 0 Å². The van der Waals surface area contributed by atoms with Gasteiger partial charge in [0.05, 0.1) is 11.2 Å². The van der Waals surface area contributed by atoms with Gasteiger partial charge in [0, 0.05) is 11.4 Å². The van der Waals surface area contributed by atoms with Crippen molar-refractivity contribution in [2.45, 2.75) is 13.0 Å². The highest BCUT2D eigenvalue weighted by atomic mass is 15.1. The zero-order chi connectivity index (χ0) is 8.55. The van der Waals surface area contributed by atoms with E-state index in [4.69, 9.17) is 5.73 Å². The van der Waals surface area contributed by atoms with Crippen LogP contribution in [0.15, 0.2) is 24.3 Å². The predicted molar refractivity (Wildman–Crippen MR) is 48.7 cm³/mol. The normalized spacial score (nSPS) is 13.5. The van der Waals surface area contributed by atoms with Crippen LogP contribution in [0.3, 0.4) is 0 Å². The Morgan fingerprint density at radius 2 is 2.17 bits per heavy atom. The van der Waals surface area contributed by atoms with E-state index in [0.717, 1.165) is 16.6 Å². The third kappa shape index (κ3) is 0.987. The first-order valence-corrected chi connectivity index (χ1v) is 3.97. The van der Waals surface area contributed by atoms with Gasteiger partial charge in [0.25, 0.3) is 0 Å². The number of rotatable bonds is 1. The number of nitrogens with zero attached hydrogens (tertiary/aromatic N) is 1. The first-order valence-electron chi connectivity index (χ1n) is 3.97. The van der Waals surface area contributed by atoms with E-state index in [0.29, 0.717) is 0 Å². The van der Waals surface area contributed by atoms with Crippen LogP contribution in [0.25, 0.3) is 10.9 Å². The molecule has 0 saturated carbocycles. The lowest BCUT2D eigenvalue weighted by Gasteiger charge is -2.00. The first kappa shape index (κ1) is 7.31. The van der Waals surface area contributed by atoms with Gasteiger partial charge in [-0.25, -0.2) is 0 Å². The van der Waals surface area contributed by atoms with E-state index in [1.165, 1.54) is 0 Å². The molecule has 1 aromatic carbocycles. The molecule has 2 rings (SSSR count). The number of aromatic nitrogens is 2. The average Bonchev–Trinajstić information content (AvgIpc) is 2.47. The molecule has 3 N–H and O–H groups in total. The van der Waals surface area contributed by atoms with Crippen molar-refractivity contribution in [3.8, 4) is 0 Å². The molecule has 0 aliphatic rings. The molecule has 0 saturated heterocycles. The second-order valence-corrected chi connectivity index (χ2v) is 2.94. The summed E-state index contributed by atoms with van der Waals surface area (Å²) in [5.41, 5.74) is 7.73.